The van der Waals surface area contributed by atoms with Gasteiger partial charge in [-0.1, -0.05) is 36.4 Å². The highest BCUT2D eigenvalue weighted by Gasteiger charge is 2.35. The van der Waals surface area contributed by atoms with E-state index in [0.29, 0.717) is 11.8 Å². The predicted molar refractivity (Wildman–Crippen MR) is 125 cm³/mol. The molecule has 1 aliphatic heterocycles. The number of halogens is 1. The van der Waals surface area contributed by atoms with Crippen LogP contribution in [0.4, 0.5) is 14.9 Å². The van der Waals surface area contributed by atoms with Crippen LogP contribution in [0.1, 0.15) is 11.1 Å². The third-order valence-electron chi connectivity index (χ3n) is 4.90. The van der Waals surface area contributed by atoms with Crippen LogP contribution in [0.15, 0.2) is 82.6 Å². The molecule has 0 spiro atoms. The molecule has 3 aromatic carbocycles. The molecule has 0 unspecified atom stereocenters. The fourth-order valence-electron chi connectivity index (χ4n) is 3.15. The SMILES string of the molecule is O=C1S/C(=C\c2ccccc2OS(=O)(=O)c2ccc([N+](=O)[O-])cc2)C(=O)N1Cc1ccccc1F. The number of hydrogen-bond donors (Lipinski definition) is 0. The van der Waals surface area contributed by atoms with Gasteiger partial charge < -0.3 is 4.18 Å². The Morgan fingerprint density at radius 3 is 2.34 bits per heavy atom. The summed E-state index contributed by atoms with van der Waals surface area (Å²) in [7, 11) is -4.36. The van der Waals surface area contributed by atoms with Crippen LogP contribution in [0.25, 0.3) is 6.08 Å². The predicted octanol–water partition coefficient (Wildman–Crippen LogP) is 4.74. The number of nitrogens with zero attached hydrogens (tertiary/aromatic N) is 2. The van der Waals surface area contributed by atoms with Gasteiger partial charge in [0.1, 0.15) is 16.5 Å². The lowest BCUT2D eigenvalue weighted by Crippen LogP contribution is -2.27. The third kappa shape index (κ3) is 5.23. The fraction of sp³-hybridized carbons (Fsp3) is 0.0435. The summed E-state index contributed by atoms with van der Waals surface area (Å²) in [5.41, 5.74) is 0.0961. The molecule has 1 saturated heterocycles. The van der Waals surface area contributed by atoms with E-state index in [1.165, 1.54) is 42.5 Å². The lowest BCUT2D eigenvalue weighted by Gasteiger charge is -2.13. The van der Waals surface area contributed by atoms with E-state index < -0.39 is 32.0 Å². The summed E-state index contributed by atoms with van der Waals surface area (Å²) < 4.78 is 44.6. The minimum atomic E-state index is -4.36. The second kappa shape index (κ2) is 9.68. The molecule has 0 atom stereocenters. The van der Waals surface area contributed by atoms with Crippen molar-refractivity contribution in [3.8, 4) is 5.75 Å². The number of thioether (sulfide) groups is 1. The molecule has 3 aromatic rings. The molecule has 0 aliphatic carbocycles. The Morgan fingerprint density at radius 2 is 1.66 bits per heavy atom. The second-order valence-corrected chi connectivity index (χ2v) is 9.73. The van der Waals surface area contributed by atoms with Gasteiger partial charge in [0.25, 0.3) is 16.8 Å². The van der Waals surface area contributed by atoms with Crippen molar-refractivity contribution in [2.24, 2.45) is 0 Å². The number of carbonyl (C=O) groups excluding carboxylic acids is 2. The molecule has 0 aromatic heterocycles. The standard InChI is InChI=1S/C23H15FN2O7S2/c24-19-7-3-1-6-16(19)14-25-22(27)21(34-23(25)28)13-15-5-2-4-8-20(15)33-35(31,32)18-11-9-17(10-12-18)26(29)30/h1-13H,14H2/b21-13-. The molecule has 0 saturated carbocycles. The second-order valence-electron chi connectivity index (χ2n) is 7.19. The topological polar surface area (TPSA) is 124 Å². The van der Waals surface area contributed by atoms with Crippen LogP contribution in [0.5, 0.6) is 5.75 Å². The van der Waals surface area contributed by atoms with Crippen LogP contribution in [0.3, 0.4) is 0 Å². The molecule has 1 heterocycles. The first-order chi connectivity index (χ1) is 16.7. The van der Waals surface area contributed by atoms with Crippen LogP contribution in [-0.4, -0.2) is 29.4 Å². The molecular weight excluding hydrogens is 499 g/mol. The Bertz CT molecular complexity index is 1470. The normalized spacial score (nSPS) is 15.0. The number of para-hydroxylation sites is 1. The number of nitro groups is 1. The van der Waals surface area contributed by atoms with E-state index in [4.69, 9.17) is 4.18 Å². The number of non-ortho nitro benzene ring substituents is 1. The van der Waals surface area contributed by atoms with Crippen molar-refractivity contribution in [1.82, 2.24) is 4.90 Å². The van der Waals surface area contributed by atoms with Gasteiger partial charge in [0.05, 0.1) is 16.4 Å². The Balaban J connectivity index is 1.59. The Kier molecular flexibility index (Phi) is 6.67. The maximum absolute atomic E-state index is 14.0. The smallest absolute Gasteiger partial charge is 0.339 e. The zero-order valence-corrected chi connectivity index (χ0v) is 19.3. The first kappa shape index (κ1) is 24.1. The van der Waals surface area contributed by atoms with Crippen molar-refractivity contribution < 1.29 is 31.5 Å². The maximum Gasteiger partial charge on any atom is 0.339 e. The van der Waals surface area contributed by atoms with Gasteiger partial charge in [-0.3, -0.25) is 24.6 Å². The minimum Gasteiger partial charge on any atom is -0.378 e. The summed E-state index contributed by atoms with van der Waals surface area (Å²) in [5, 5.41) is 10.2. The Hall–Kier alpha value is -4.03. The summed E-state index contributed by atoms with van der Waals surface area (Å²) in [4.78, 5) is 36.0. The van der Waals surface area contributed by atoms with Crippen LogP contribution in [-0.2, 0) is 21.5 Å². The van der Waals surface area contributed by atoms with Gasteiger partial charge in [0.15, 0.2) is 0 Å². The number of nitro benzene ring substituents is 1. The third-order valence-corrected chi connectivity index (χ3v) is 7.06. The van der Waals surface area contributed by atoms with Crippen molar-refractivity contribution in [3.05, 3.63) is 105 Å². The van der Waals surface area contributed by atoms with E-state index >= 15 is 0 Å². The summed E-state index contributed by atoms with van der Waals surface area (Å²) in [6.45, 7) is -0.249. The largest absolute Gasteiger partial charge is 0.378 e. The minimum absolute atomic E-state index is 0.00937. The number of imide groups is 1. The lowest BCUT2D eigenvalue weighted by atomic mass is 10.1. The molecule has 0 radical (unpaired) electrons. The number of carbonyl (C=O) groups is 2. The molecule has 4 rings (SSSR count). The van der Waals surface area contributed by atoms with Gasteiger partial charge in [0.2, 0.25) is 0 Å². The molecule has 12 heteroatoms. The molecule has 1 aliphatic rings. The van der Waals surface area contributed by atoms with E-state index in [0.717, 1.165) is 29.2 Å². The molecule has 2 amide bonds. The van der Waals surface area contributed by atoms with Gasteiger partial charge in [-0.2, -0.15) is 8.42 Å². The average Bonchev–Trinajstić information content (AvgIpc) is 3.09. The Labute approximate surface area is 203 Å². The van der Waals surface area contributed by atoms with Crippen LogP contribution >= 0.6 is 11.8 Å². The quantitative estimate of drug-likeness (QED) is 0.192. The highest BCUT2D eigenvalue weighted by molar-refractivity contribution is 8.18. The first-order valence-corrected chi connectivity index (χ1v) is 12.1. The molecular formula is C23H15FN2O7S2. The van der Waals surface area contributed by atoms with Crippen molar-refractivity contribution in [2.45, 2.75) is 11.4 Å². The van der Waals surface area contributed by atoms with Crippen LogP contribution in [0.2, 0.25) is 0 Å². The summed E-state index contributed by atoms with van der Waals surface area (Å²) in [6.07, 6.45) is 1.31. The van der Waals surface area contributed by atoms with Crippen LogP contribution in [0, 0.1) is 15.9 Å². The van der Waals surface area contributed by atoms with E-state index in [2.05, 4.69) is 0 Å². The number of amides is 2. The zero-order chi connectivity index (χ0) is 25.2. The summed E-state index contributed by atoms with van der Waals surface area (Å²) in [5.74, 6) is -1.33. The maximum atomic E-state index is 14.0. The molecule has 9 nitrogen and oxygen atoms in total. The van der Waals surface area contributed by atoms with Gasteiger partial charge in [-0.25, -0.2) is 4.39 Å². The summed E-state index contributed by atoms with van der Waals surface area (Å²) in [6, 6.07) is 15.9. The van der Waals surface area contributed by atoms with Gasteiger partial charge in [-0.05, 0) is 42.1 Å². The van der Waals surface area contributed by atoms with Crippen LogP contribution < -0.4 is 4.18 Å². The van der Waals surface area contributed by atoms with E-state index in [-0.39, 0.29) is 38.9 Å². The van der Waals surface area contributed by atoms with Gasteiger partial charge in [0, 0.05) is 23.3 Å². The highest BCUT2D eigenvalue weighted by Crippen LogP contribution is 2.35. The highest BCUT2D eigenvalue weighted by atomic mass is 32.2. The average molecular weight is 515 g/mol. The van der Waals surface area contributed by atoms with Gasteiger partial charge >= 0.3 is 10.1 Å². The lowest BCUT2D eigenvalue weighted by molar-refractivity contribution is -0.384. The first-order valence-electron chi connectivity index (χ1n) is 9.92. The van der Waals surface area contributed by atoms with Crippen molar-refractivity contribution in [3.63, 3.8) is 0 Å². The van der Waals surface area contributed by atoms with Crippen molar-refractivity contribution >= 4 is 44.8 Å². The zero-order valence-electron chi connectivity index (χ0n) is 17.7. The van der Waals surface area contributed by atoms with E-state index in [1.807, 2.05) is 0 Å². The number of benzene rings is 3. The number of hydrogen-bond acceptors (Lipinski definition) is 8. The number of rotatable bonds is 7. The molecule has 0 N–H and O–H groups in total. The summed E-state index contributed by atoms with van der Waals surface area (Å²) >= 11 is 0.636. The van der Waals surface area contributed by atoms with Crippen molar-refractivity contribution in [2.75, 3.05) is 0 Å². The fourth-order valence-corrected chi connectivity index (χ4v) is 4.93. The monoisotopic (exact) mass is 514 g/mol. The molecule has 178 valence electrons. The Morgan fingerprint density at radius 1 is 1.00 bits per heavy atom. The van der Waals surface area contributed by atoms with E-state index in [9.17, 15) is 32.5 Å². The molecule has 1 fully saturated rings. The van der Waals surface area contributed by atoms with Crippen molar-refractivity contribution in [1.29, 1.82) is 0 Å². The van der Waals surface area contributed by atoms with E-state index in [1.54, 1.807) is 12.1 Å². The van der Waals surface area contributed by atoms with Gasteiger partial charge in [-0.15, -0.1) is 0 Å². The molecule has 35 heavy (non-hydrogen) atoms. The molecule has 0 bridgehead atoms.